The van der Waals surface area contributed by atoms with Gasteiger partial charge in [0.1, 0.15) is 5.75 Å². The molecule has 4 heteroatoms. The standard InChI is InChI=1S/C10H10ClNO2/c11-8-4-3-7(6-9(8)13)12-5-1-2-10(12)14/h3-4,6,13H,1-2,5H2. The van der Waals surface area contributed by atoms with Crippen molar-refractivity contribution in [2.75, 3.05) is 11.4 Å². The van der Waals surface area contributed by atoms with E-state index in [4.69, 9.17) is 11.6 Å². The molecule has 74 valence electrons. The number of benzene rings is 1. The van der Waals surface area contributed by atoms with Gasteiger partial charge in [-0.05, 0) is 18.6 Å². The highest BCUT2D eigenvalue weighted by Gasteiger charge is 2.21. The van der Waals surface area contributed by atoms with Crippen LogP contribution < -0.4 is 4.90 Å². The number of rotatable bonds is 1. The smallest absolute Gasteiger partial charge is 0.227 e. The fourth-order valence-electron chi connectivity index (χ4n) is 1.59. The second kappa shape index (κ2) is 3.50. The molecule has 1 aliphatic rings. The Morgan fingerprint density at radius 2 is 2.21 bits per heavy atom. The lowest BCUT2D eigenvalue weighted by Crippen LogP contribution is -2.23. The number of hydrogen-bond donors (Lipinski definition) is 1. The molecule has 3 nitrogen and oxygen atoms in total. The van der Waals surface area contributed by atoms with Crippen molar-refractivity contribution in [3.63, 3.8) is 0 Å². The Morgan fingerprint density at radius 1 is 1.43 bits per heavy atom. The Balaban J connectivity index is 2.32. The molecule has 14 heavy (non-hydrogen) atoms. The molecule has 0 aliphatic carbocycles. The summed E-state index contributed by atoms with van der Waals surface area (Å²) >= 11 is 5.67. The van der Waals surface area contributed by atoms with Crippen LogP contribution >= 0.6 is 11.6 Å². The van der Waals surface area contributed by atoms with E-state index >= 15 is 0 Å². The Kier molecular flexibility index (Phi) is 2.33. The van der Waals surface area contributed by atoms with Crippen LogP contribution in [0, 0.1) is 0 Å². The van der Waals surface area contributed by atoms with Gasteiger partial charge in [-0.25, -0.2) is 0 Å². The first-order chi connectivity index (χ1) is 6.68. The van der Waals surface area contributed by atoms with Gasteiger partial charge in [-0.2, -0.15) is 0 Å². The molecular formula is C10H10ClNO2. The third-order valence-electron chi connectivity index (χ3n) is 2.31. The van der Waals surface area contributed by atoms with Crippen LogP contribution in [0.4, 0.5) is 5.69 Å². The zero-order chi connectivity index (χ0) is 10.1. The average Bonchev–Trinajstić information content (AvgIpc) is 2.57. The molecule has 1 aliphatic heterocycles. The van der Waals surface area contributed by atoms with Crippen LogP contribution in [0.1, 0.15) is 12.8 Å². The molecule has 1 saturated heterocycles. The predicted octanol–water partition coefficient (Wildman–Crippen LogP) is 2.17. The molecule has 0 bridgehead atoms. The van der Waals surface area contributed by atoms with Gasteiger partial charge in [-0.3, -0.25) is 4.79 Å². The highest BCUT2D eigenvalue weighted by Crippen LogP contribution is 2.30. The summed E-state index contributed by atoms with van der Waals surface area (Å²) in [6.07, 6.45) is 1.46. The Labute approximate surface area is 86.9 Å². The van der Waals surface area contributed by atoms with Crippen molar-refractivity contribution in [3.05, 3.63) is 23.2 Å². The monoisotopic (exact) mass is 211 g/mol. The Hall–Kier alpha value is -1.22. The lowest BCUT2D eigenvalue weighted by molar-refractivity contribution is -0.117. The molecule has 1 aromatic rings. The van der Waals surface area contributed by atoms with Gasteiger partial charge in [0, 0.05) is 24.7 Å². The minimum Gasteiger partial charge on any atom is -0.506 e. The van der Waals surface area contributed by atoms with E-state index < -0.39 is 0 Å². The first-order valence-electron chi connectivity index (χ1n) is 4.47. The second-order valence-electron chi connectivity index (χ2n) is 3.28. The van der Waals surface area contributed by atoms with E-state index in [1.54, 1.807) is 17.0 Å². The largest absolute Gasteiger partial charge is 0.506 e. The van der Waals surface area contributed by atoms with Crippen LogP contribution in [-0.4, -0.2) is 17.6 Å². The molecule has 1 N–H and O–H groups in total. The highest BCUT2D eigenvalue weighted by molar-refractivity contribution is 6.32. The normalized spacial score (nSPS) is 16.4. The number of hydrogen-bond acceptors (Lipinski definition) is 2. The molecule has 1 fully saturated rings. The van der Waals surface area contributed by atoms with Gasteiger partial charge < -0.3 is 10.0 Å². The van der Waals surface area contributed by atoms with Crippen molar-refractivity contribution in [2.24, 2.45) is 0 Å². The van der Waals surface area contributed by atoms with Crippen molar-refractivity contribution in [1.29, 1.82) is 0 Å². The number of anilines is 1. The number of nitrogens with zero attached hydrogens (tertiary/aromatic N) is 1. The zero-order valence-electron chi connectivity index (χ0n) is 7.53. The summed E-state index contributed by atoms with van der Waals surface area (Å²) in [5, 5.41) is 9.68. The maximum absolute atomic E-state index is 11.4. The molecule has 0 aromatic heterocycles. The van der Waals surface area contributed by atoms with E-state index in [-0.39, 0.29) is 11.7 Å². The van der Waals surface area contributed by atoms with E-state index in [9.17, 15) is 9.90 Å². The maximum atomic E-state index is 11.4. The third-order valence-corrected chi connectivity index (χ3v) is 2.63. The zero-order valence-corrected chi connectivity index (χ0v) is 8.29. The second-order valence-corrected chi connectivity index (χ2v) is 3.69. The van der Waals surface area contributed by atoms with E-state index in [0.29, 0.717) is 11.4 Å². The van der Waals surface area contributed by atoms with Crippen molar-refractivity contribution in [3.8, 4) is 5.75 Å². The molecule has 0 unspecified atom stereocenters. The van der Waals surface area contributed by atoms with E-state index in [1.807, 2.05) is 0 Å². The Morgan fingerprint density at radius 3 is 2.79 bits per heavy atom. The summed E-state index contributed by atoms with van der Waals surface area (Å²) < 4.78 is 0. The summed E-state index contributed by atoms with van der Waals surface area (Å²) in [5.41, 5.74) is 0.717. The van der Waals surface area contributed by atoms with Gasteiger partial charge in [0.15, 0.2) is 0 Å². The first-order valence-corrected chi connectivity index (χ1v) is 4.85. The fourth-order valence-corrected chi connectivity index (χ4v) is 1.71. The minimum absolute atomic E-state index is 0.0175. The van der Waals surface area contributed by atoms with Crippen LogP contribution in [0.25, 0.3) is 0 Å². The average molecular weight is 212 g/mol. The summed E-state index contributed by atoms with van der Waals surface area (Å²) in [5.74, 6) is 0.121. The molecule has 2 rings (SSSR count). The van der Waals surface area contributed by atoms with Crippen LogP contribution in [0.15, 0.2) is 18.2 Å². The summed E-state index contributed by atoms with van der Waals surface area (Å²) in [6.45, 7) is 0.722. The molecule has 1 amide bonds. The minimum atomic E-state index is 0.0175. The van der Waals surface area contributed by atoms with Gasteiger partial charge in [-0.1, -0.05) is 11.6 Å². The number of carbonyl (C=O) groups excluding carboxylic acids is 1. The quantitative estimate of drug-likeness (QED) is 0.774. The summed E-state index contributed by atoms with van der Waals surface area (Å²) in [4.78, 5) is 13.0. The number of amides is 1. The van der Waals surface area contributed by atoms with E-state index in [0.717, 1.165) is 18.7 Å². The molecule has 0 saturated carbocycles. The lowest BCUT2D eigenvalue weighted by atomic mass is 10.3. The topological polar surface area (TPSA) is 40.5 Å². The van der Waals surface area contributed by atoms with Crippen LogP contribution in [-0.2, 0) is 4.79 Å². The SMILES string of the molecule is O=C1CCCN1c1ccc(Cl)c(O)c1. The van der Waals surface area contributed by atoms with Gasteiger partial charge in [0.2, 0.25) is 5.91 Å². The van der Waals surface area contributed by atoms with E-state index in [1.165, 1.54) is 6.07 Å². The molecule has 1 heterocycles. The molecular weight excluding hydrogens is 202 g/mol. The van der Waals surface area contributed by atoms with E-state index in [2.05, 4.69) is 0 Å². The lowest BCUT2D eigenvalue weighted by Gasteiger charge is -2.15. The Bertz CT molecular complexity index is 378. The van der Waals surface area contributed by atoms with Crippen molar-refractivity contribution in [2.45, 2.75) is 12.8 Å². The first kappa shape index (κ1) is 9.34. The number of halogens is 1. The molecule has 0 radical (unpaired) electrons. The van der Waals surface area contributed by atoms with Crippen molar-refractivity contribution in [1.82, 2.24) is 0 Å². The van der Waals surface area contributed by atoms with Crippen LogP contribution in [0.3, 0.4) is 0 Å². The number of phenolic OH excluding ortho intramolecular Hbond substituents is 1. The predicted molar refractivity (Wildman–Crippen MR) is 54.7 cm³/mol. The number of aromatic hydroxyl groups is 1. The summed E-state index contributed by atoms with van der Waals surface area (Å²) in [7, 11) is 0. The van der Waals surface area contributed by atoms with Gasteiger partial charge in [0.25, 0.3) is 0 Å². The van der Waals surface area contributed by atoms with Gasteiger partial charge >= 0.3 is 0 Å². The van der Waals surface area contributed by atoms with Crippen molar-refractivity contribution >= 4 is 23.2 Å². The van der Waals surface area contributed by atoms with Gasteiger partial charge in [0.05, 0.1) is 5.02 Å². The maximum Gasteiger partial charge on any atom is 0.227 e. The number of carbonyl (C=O) groups is 1. The van der Waals surface area contributed by atoms with Crippen molar-refractivity contribution < 1.29 is 9.90 Å². The van der Waals surface area contributed by atoms with Gasteiger partial charge in [-0.15, -0.1) is 0 Å². The van der Waals surface area contributed by atoms with Crippen LogP contribution in [0.5, 0.6) is 5.75 Å². The highest BCUT2D eigenvalue weighted by atomic mass is 35.5. The third kappa shape index (κ3) is 1.55. The molecule has 1 aromatic carbocycles. The van der Waals surface area contributed by atoms with Crippen LogP contribution in [0.2, 0.25) is 5.02 Å². The molecule has 0 spiro atoms. The summed E-state index contributed by atoms with van der Waals surface area (Å²) in [6, 6.07) is 4.86. The fraction of sp³-hybridized carbons (Fsp3) is 0.300. The number of phenols is 1. The molecule has 0 atom stereocenters.